The molecule has 1 aliphatic heterocycles. The molecule has 3 rings (SSSR count). The van der Waals surface area contributed by atoms with E-state index in [0.29, 0.717) is 12.5 Å². The molecule has 1 saturated heterocycles. The molecular formula is C18H22N2O2S. The molecule has 0 radical (unpaired) electrons. The van der Waals surface area contributed by atoms with E-state index in [4.69, 9.17) is 0 Å². The summed E-state index contributed by atoms with van der Waals surface area (Å²) in [6.45, 7) is 5.58. The normalized spacial score (nSPS) is 17.2. The summed E-state index contributed by atoms with van der Waals surface area (Å²) >= 11 is 1.73. The van der Waals surface area contributed by atoms with Gasteiger partial charge >= 0.3 is 0 Å². The molecule has 1 aliphatic rings. The highest BCUT2D eigenvalue weighted by Gasteiger charge is 2.24. The summed E-state index contributed by atoms with van der Waals surface area (Å²) in [5.41, 5.74) is 2.22. The summed E-state index contributed by atoms with van der Waals surface area (Å²) in [6.07, 6.45) is 0.356. The van der Waals surface area contributed by atoms with E-state index >= 15 is 0 Å². The third-order valence-corrected chi connectivity index (χ3v) is 5.21. The zero-order valence-electron chi connectivity index (χ0n) is 13.3. The number of hydrogen-bond acceptors (Lipinski definition) is 4. The maximum Gasteiger partial charge on any atom is 0.227 e. The molecule has 2 aromatic rings. The SMILES string of the molecule is C[C@@H](c1ccsc1)N1CCN(C(=O)Cc2cccc(O)c2)CC1. The molecule has 0 aliphatic carbocycles. The molecule has 122 valence electrons. The van der Waals surface area contributed by atoms with E-state index in [-0.39, 0.29) is 11.7 Å². The third-order valence-electron chi connectivity index (χ3n) is 4.51. The molecule has 0 spiro atoms. The van der Waals surface area contributed by atoms with Crippen LogP contribution in [0.4, 0.5) is 0 Å². The Labute approximate surface area is 141 Å². The number of amides is 1. The quantitative estimate of drug-likeness (QED) is 0.937. The van der Waals surface area contributed by atoms with Gasteiger partial charge < -0.3 is 10.0 Å². The molecule has 0 bridgehead atoms. The Morgan fingerprint density at radius 1 is 1.26 bits per heavy atom. The molecule has 0 unspecified atom stereocenters. The zero-order chi connectivity index (χ0) is 16.2. The van der Waals surface area contributed by atoms with Crippen molar-refractivity contribution in [3.05, 3.63) is 52.2 Å². The first kappa shape index (κ1) is 16.0. The Morgan fingerprint density at radius 3 is 2.70 bits per heavy atom. The number of aromatic hydroxyl groups is 1. The predicted octanol–water partition coefficient (Wildman–Crippen LogP) is 2.90. The minimum atomic E-state index is 0.137. The van der Waals surface area contributed by atoms with Gasteiger partial charge in [-0.1, -0.05) is 12.1 Å². The van der Waals surface area contributed by atoms with Crippen molar-refractivity contribution >= 4 is 17.2 Å². The Bertz CT molecular complexity index is 649. The fraction of sp³-hybridized carbons (Fsp3) is 0.389. The monoisotopic (exact) mass is 330 g/mol. The van der Waals surface area contributed by atoms with E-state index in [0.717, 1.165) is 31.7 Å². The molecule has 0 saturated carbocycles. The van der Waals surface area contributed by atoms with Crippen molar-refractivity contribution in [2.45, 2.75) is 19.4 Å². The molecule has 4 nitrogen and oxygen atoms in total. The van der Waals surface area contributed by atoms with Crippen molar-refractivity contribution in [1.82, 2.24) is 9.80 Å². The van der Waals surface area contributed by atoms with Crippen molar-refractivity contribution in [3.8, 4) is 5.75 Å². The number of benzene rings is 1. The van der Waals surface area contributed by atoms with Gasteiger partial charge in [0.05, 0.1) is 6.42 Å². The highest BCUT2D eigenvalue weighted by atomic mass is 32.1. The van der Waals surface area contributed by atoms with Crippen LogP contribution in [0.3, 0.4) is 0 Å². The number of nitrogens with zero attached hydrogens (tertiary/aromatic N) is 2. The number of carbonyl (C=O) groups is 1. The number of hydrogen-bond donors (Lipinski definition) is 1. The van der Waals surface area contributed by atoms with Crippen LogP contribution >= 0.6 is 11.3 Å². The summed E-state index contributed by atoms with van der Waals surface area (Å²) < 4.78 is 0. The van der Waals surface area contributed by atoms with Gasteiger partial charge in [0.25, 0.3) is 0 Å². The largest absolute Gasteiger partial charge is 0.508 e. The Morgan fingerprint density at radius 2 is 2.04 bits per heavy atom. The second-order valence-electron chi connectivity index (χ2n) is 6.00. The second-order valence-corrected chi connectivity index (χ2v) is 6.78. The van der Waals surface area contributed by atoms with Crippen LogP contribution in [-0.4, -0.2) is 47.0 Å². The van der Waals surface area contributed by atoms with Gasteiger partial charge in [0.2, 0.25) is 5.91 Å². The first-order valence-corrected chi connectivity index (χ1v) is 8.89. The molecule has 1 amide bonds. The Balaban J connectivity index is 1.53. The van der Waals surface area contributed by atoms with Crippen LogP contribution in [0, 0.1) is 0 Å². The molecular weight excluding hydrogens is 308 g/mol. The van der Waals surface area contributed by atoms with Crippen LogP contribution < -0.4 is 0 Å². The molecule has 1 aromatic carbocycles. The summed E-state index contributed by atoms with van der Waals surface area (Å²) in [7, 11) is 0. The number of rotatable bonds is 4. The van der Waals surface area contributed by atoms with Crippen LogP contribution in [0.25, 0.3) is 0 Å². The topological polar surface area (TPSA) is 43.8 Å². The molecule has 5 heteroatoms. The highest BCUT2D eigenvalue weighted by molar-refractivity contribution is 7.07. The number of carbonyl (C=O) groups excluding carboxylic acids is 1. The number of phenols is 1. The van der Waals surface area contributed by atoms with Crippen molar-refractivity contribution < 1.29 is 9.90 Å². The van der Waals surface area contributed by atoms with E-state index in [9.17, 15) is 9.90 Å². The lowest BCUT2D eigenvalue weighted by Gasteiger charge is -2.38. The van der Waals surface area contributed by atoms with Gasteiger partial charge in [-0.25, -0.2) is 0 Å². The van der Waals surface area contributed by atoms with E-state index < -0.39 is 0 Å². The fourth-order valence-electron chi connectivity index (χ4n) is 3.04. The van der Waals surface area contributed by atoms with Gasteiger partial charge in [-0.2, -0.15) is 11.3 Å². The lowest BCUT2D eigenvalue weighted by atomic mass is 10.1. The molecule has 1 fully saturated rings. The maximum atomic E-state index is 12.4. The van der Waals surface area contributed by atoms with Crippen LogP contribution in [0.5, 0.6) is 5.75 Å². The van der Waals surface area contributed by atoms with E-state index in [1.807, 2.05) is 11.0 Å². The van der Waals surface area contributed by atoms with Crippen molar-refractivity contribution in [3.63, 3.8) is 0 Å². The first-order valence-electron chi connectivity index (χ1n) is 7.95. The molecule has 1 atom stereocenters. The number of thiophene rings is 1. The Kier molecular flexibility index (Phi) is 4.98. The summed E-state index contributed by atoms with van der Waals surface area (Å²) in [6, 6.07) is 9.52. The average Bonchev–Trinajstić information content (AvgIpc) is 3.09. The van der Waals surface area contributed by atoms with Crippen molar-refractivity contribution in [1.29, 1.82) is 0 Å². The maximum absolute atomic E-state index is 12.4. The van der Waals surface area contributed by atoms with Gasteiger partial charge in [-0.05, 0) is 47.0 Å². The van der Waals surface area contributed by atoms with Crippen molar-refractivity contribution in [2.24, 2.45) is 0 Å². The van der Waals surface area contributed by atoms with Gasteiger partial charge in [0, 0.05) is 32.2 Å². The average molecular weight is 330 g/mol. The summed E-state index contributed by atoms with van der Waals surface area (Å²) in [5, 5.41) is 13.8. The van der Waals surface area contributed by atoms with E-state index in [1.165, 1.54) is 5.56 Å². The van der Waals surface area contributed by atoms with Gasteiger partial charge in [-0.3, -0.25) is 9.69 Å². The molecule has 1 aromatic heterocycles. The van der Waals surface area contributed by atoms with E-state index in [2.05, 4.69) is 28.7 Å². The fourth-order valence-corrected chi connectivity index (χ4v) is 3.78. The molecule has 1 N–H and O–H groups in total. The van der Waals surface area contributed by atoms with Crippen LogP contribution in [-0.2, 0) is 11.2 Å². The standard InChI is InChI=1S/C18H22N2O2S/c1-14(16-5-10-23-13-16)19-6-8-20(9-7-19)18(22)12-15-3-2-4-17(21)11-15/h2-5,10-11,13-14,21H,6-9,12H2,1H3/t14-/m0/s1. The second kappa shape index (κ2) is 7.15. The molecule has 2 heterocycles. The number of phenolic OH excluding ortho intramolecular Hbond substituents is 1. The van der Waals surface area contributed by atoms with Crippen molar-refractivity contribution in [2.75, 3.05) is 26.2 Å². The van der Waals surface area contributed by atoms with Gasteiger partial charge in [-0.15, -0.1) is 0 Å². The minimum Gasteiger partial charge on any atom is -0.508 e. The van der Waals surface area contributed by atoms with E-state index in [1.54, 1.807) is 29.5 Å². The highest BCUT2D eigenvalue weighted by Crippen LogP contribution is 2.23. The lowest BCUT2D eigenvalue weighted by molar-refractivity contribution is -0.132. The first-order chi connectivity index (χ1) is 11.1. The predicted molar refractivity (Wildman–Crippen MR) is 92.7 cm³/mol. The minimum absolute atomic E-state index is 0.137. The van der Waals surface area contributed by atoms with Gasteiger partial charge in [0.15, 0.2) is 0 Å². The van der Waals surface area contributed by atoms with Crippen LogP contribution in [0.2, 0.25) is 0 Å². The molecule has 23 heavy (non-hydrogen) atoms. The van der Waals surface area contributed by atoms with Crippen LogP contribution in [0.1, 0.15) is 24.1 Å². The van der Waals surface area contributed by atoms with Gasteiger partial charge in [0.1, 0.15) is 5.75 Å². The zero-order valence-corrected chi connectivity index (χ0v) is 14.1. The summed E-state index contributed by atoms with van der Waals surface area (Å²) in [5.74, 6) is 0.350. The summed E-state index contributed by atoms with van der Waals surface area (Å²) in [4.78, 5) is 16.8. The number of piperazine rings is 1. The smallest absolute Gasteiger partial charge is 0.227 e. The van der Waals surface area contributed by atoms with Crippen LogP contribution in [0.15, 0.2) is 41.1 Å². The lowest BCUT2D eigenvalue weighted by Crippen LogP contribution is -2.49. The Hall–Kier alpha value is -1.85. The third kappa shape index (κ3) is 3.92.